The van der Waals surface area contributed by atoms with Crippen LogP contribution in [0.5, 0.6) is 23.0 Å². The van der Waals surface area contributed by atoms with Crippen molar-refractivity contribution >= 4 is 35.8 Å². The fourth-order valence-electron chi connectivity index (χ4n) is 4.37. The van der Waals surface area contributed by atoms with Crippen molar-refractivity contribution in [1.29, 1.82) is 0 Å². The minimum absolute atomic E-state index is 0. The van der Waals surface area contributed by atoms with E-state index in [0.717, 1.165) is 63.1 Å². The summed E-state index contributed by atoms with van der Waals surface area (Å²) in [5.41, 5.74) is 0.574. The molecule has 4 rings (SSSR count). The molecule has 2 N–H and O–H groups in total. The molecule has 4 aromatic carbocycles. The molecule has 0 aliphatic rings. The molecule has 4 aromatic rings. The molecule has 0 aromatic heterocycles. The number of carbonyl (C=O) groups excluding carboxylic acids is 4. The number of thioether (sulfide) groups is 2. The standard InChI is InChI=1S/C20H23F3O3S.C18H19F3O3S.2CO2.CH4/c1-3-10-25-19-9-8-18(11-14(19)2)27-13-16(24)12-26-17-6-4-15(5-7-17)20(21,22)23;1-12-9-16(7-8-17(12)23-2)25-11-14(22)10-24-15-5-3-13(4-6-15)18(19,20)21;2*2-1-3;/h4-9,11,16,24H,3,10,12-13H2,1-2H3;3-9,14,22H,10-11H2,1-2H3;;;1H4/t16-;14-;;;/m11.../s1. The Morgan fingerprint density at radius 1 is 0.610 bits per heavy atom. The first-order chi connectivity index (χ1) is 27.4. The number of aliphatic hydroxyl groups excluding tert-OH is 2. The first kappa shape index (κ1) is 54.0. The molecule has 0 aliphatic heterocycles. The van der Waals surface area contributed by atoms with E-state index in [-0.39, 0.29) is 38.7 Å². The second-order valence-electron chi connectivity index (χ2n) is 11.7. The van der Waals surface area contributed by atoms with Crippen molar-refractivity contribution in [2.24, 2.45) is 0 Å². The number of aryl methyl sites for hydroxylation is 2. The molecular formula is C41H46F6O10S2. The second-order valence-corrected chi connectivity index (χ2v) is 13.9. The lowest BCUT2D eigenvalue weighted by atomic mass is 10.2. The molecule has 0 unspecified atom stereocenters. The van der Waals surface area contributed by atoms with Gasteiger partial charge in [-0.3, -0.25) is 0 Å². The molecule has 0 fully saturated rings. The van der Waals surface area contributed by atoms with E-state index in [1.165, 1.54) is 47.8 Å². The lowest BCUT2D eigenvalue weighted by Gasteiger charge is -2.14. The number of benzene rings is 4. The zero-order chi connectivity index (χ0) is 43.7. The summed E-state index contributed by atoms with van der Waals surface area (Å²) < 4.78 is 96.5. The summed E-state index contributed by atoms with van der Waals surface area (Å²) in [6, 6.07) is 20.4. The Morgan fingerprint density at radius 2 is 0.966 bits per heavy atom. The van der Waals surface area contributed by atoms with Crippen LogP contribution in [0.1, 0.15) is 43.0 Å². The van der Waals surface area contributed by atoms with Crippen LogP contribution in [0.4, 0.5) is 26.3 Å². The molecule has 10 nitrogen and oxygen atoms in total. The Kier molecular flexibility index (Phi) is 26.1. The van der Waals surface area contributed by atoms with Crippen molar-refractivity contribution in [3.63, 3.8) is 0 Å². The number of halogens is 6. The van der Waals surface area contributed by atoms with Gasteiger partial charge in [0.15, 0.2) is 0 Å². The largest absolute Gasteiger partial charge is 0.496 e. The van der Waals surface area contributed by atoms with Gasteiger partial charge in [0.1, 0.15) is 36.2 Å². The van der Waals surface area contributed by atoms with Gasteiger partial charge in [0.25, 0.3) is 0 Å². The predicted molar refractivity (Wildman–Crippen MR) is 209 cm³/mol. The third-order valence-electron chi connectivity index (χ3n) is 7.11. The summed E-state index contributed by atoms with van der Waals surface area (Å²) in [4.78, 5) is 34.5. The number of ether oxygens (including phenoxy) is 4. The van der Waals surface area contributed by atoms with Crippen LogP contribution < -0.4 is 18.9 Å². The third kappa shape index (κ3) is 22.1. The van der Waals surface area contributed by atoms with Crippen LogP contribution in [0, 0.1) is 13.8 Å². The maximum absolute atomic E-state index is 12.5. The van der Waals surface area contributed by atoms with Crippen LogP contribution in [0.15, 0.2) is 94.7 Å². The third-order valence-corrected chi connectivity index (χ3v) is 9.38. The average molecular weight is 877 g/mol. The zero-order valence-corrected chi connectivity index (χ0v) is 33.4. The normalized spacial score (nSPS) is 11.5. The van der Waals surface area contributed by atoms with Crippen molar-refractivity contribution in [1.82, 2.24) is 0 Å². The van der Waals surface area contributed by atoms with E-state index in [4.69, 9.17) is 38.1 Å². The van der Waals surface area contributed by atoms with Crippen LogP contribution in [0.25, 0.3) is 0 Å². The van der Waals surface area contributed by atoms with Crippen LogP contribution in [0.3, 0.4) is 0 Å². The fraction of sp³-hybridized carbons (Fsp3) is 0.366. The van der Waals surface area contributed by atoms with Gasteiger partial charge in [-0.2, -0.15) is 45.5 Å². The summed E-state index contributed by atoms with van der Waals surface area (Å²) in [7, 11) is 1.61. The van der Waals surface area contributed by atoms with Gasteiger partial charge in [-0.1, -0.05) is 14.4 Å². The molecule has 2 atom stereocenters. The summed E-state index contributed by atoms with van der Waals surface area (Å²) in [5.74, 6) is 3.06. The van der Waals surface area contributed by atoms with E-state index in [9.17, 15) is 36.6 Å². The molecule has 0 saturated carbocycles. The SMILES string of the molecule is C.CCCOc1ccc(SC[C@H](O)COc2ccc(C(F)(F)F)cc2)cc1C.COc1ccc(SC[C@H](O)COc2ccc(C(F)(F)F)cc2)cc1C.O=C=O.O=C=O. The highest BCUT2D eigenvalue weighted by Crippen LogP contribution is 2.32. The van der Waals surface area contributed by atoms with Gasteiger partial charge < -0.3 is 29.2 Å². The van der Waals surface area contributed by atoms with E-state index in [1.54, 1.807) is 7.11 Å². The quantitative estimate of drug-likeness (QED) is 0.0817. The first-order valence-corrected chi connectivity index (χ1v) is 19.0. The van der Waals surface area contributed by atoms with Crippen LogP contribution in [-0.4, -0.2) is 73.2 Å². The van der Waals surface area contributed by atoms with Gasteiger partial charge in [0, 0.05) is 21.3 Å². The average Bonchev–Trinajstić information content (AvgIpc) is 3.18. The number of aliphatic hydroxyl groups is 2. The Balaban J connectivity index is 0.000000992. The fourth-order valence-corrected chi connectivity index (χ4v) is 6.18. The molecule has 324 valence electrons. The molecule has 0 heterocycles. The lowest BCUT2D eigenvalue weighted by Crippen LogP contribution is -2.20. The van der Waals surface area contributed by atoms with E-state index >= 15 is 0 Å². The van der Waals surface area contributed by atoms with E-state index in [0.29, 0.717) is 23.9 Å². The lowest BCUT2D eigenvalue weighted by molar-refractivity contribution is -0.193. The van der Waals surface area contributed by atoms with Gasteiger partial charge in [0.2, 0.25) is 0 Å². The Morgan fingerprint density at radius 3 is 1.27 bits per heavy atom. The molecule has 0 radical (unpaired) electrons. The molecule has 0 amide bonds. The van der Waals surface area contributed by atoms with Crippen molar-refractivity contribution in [2.45, 2.75) is 69.0 Å². The number of hydrogen-bond donors (Lipinski definition) is 2. The second kappa shape index (κ2) is 28.5. The van der Waals surface area contributed by atoms with Gasteiger partial charge in [-0.25, -0.2) is 0 Å². The molecule has 0 saturated heterocycles. The molecule has 0 spiro atoms. The predicted octanol–water partition coefficient (Wildman–Crippen LogP) is 9.36. The summed E-state index contributed by atoms with van der Waals surface area (Å²) >= 11 is 2.95. The highest BCUT2D eigenvalue weighted by Gasteiger charge is 2.31. The zero-order valence-electron chi connectivity index (χ0n) is 31.7. The highest BCUT2D eigenvalue weighted by molar-refractivity contribution is 7.99. The number of methoxy groups -OCH3 is 1. The summed E-state index contributed by atoms with van der Waals surface area (Å²) in [6.07, 6.45) is -8.78. The highest BCUT2D eigenvalue weighted by atomic mass is 32.2. The molecule has 59 heavy (non-hydrogen) atoms. The van der Waals surface area contributed by atoms with Crippen LogP contribution >= 0.6 is 23.5 Å². The van der Waals surface area contributed by atoms with Gasteiger partial charge in [-0.15, -0.1) is 23.5 Å². The molecule has 0 aliphatic carbocycles. The molecule has 18 heteroatoms. The minimum Gasteiger partial charge on any atom is -0.496 e. The Labute approximate surface area is 347 Å². The van der Waals surface area contributed by atoms with Crippen molar-refractivity contribution < 1.29 is 74.7 Å². The van der Waals surface area contributed by atoms with Crippen LogP contribution in [0.2, 0.25) is 0 Å². The minimum atomic E-state index is -4.37. The van der Waals surface area contributed by atoms with Crippen molar-refractivity contribution in [2.75, 3.05) is 38.4 Å². The van der Waals surface area contributed by atoms with Crippen LogP contribution in [-0.2, 0) is 31.5 Å². The topological polar surface area (TPSA) is 146 Å². The molecular weight excluding hydrogens is 831 g/mol. The number of hydrogen-bond acceptors (Lipinski definition) is 12. The van der Waals surface area contributed by atoms with Gasteiger partial charge >= 0.3 is 24.7 Å². The van der Waals surface area contributed by atoms with E-state index < -0.39 is 35.7 Å². The van der Waals surface area contributed by atoms with Gasteiger partial charge in [0.05, 0.1) is 37.1 Å². The van der Waals surface area contributed by atoms with Gasteiger partial charge in [-0.05, 0) is 116 Å². The van der Waals surface area contributed by atoms with Crippen molar-refractivity contribution in [3.8, 4) is 23.0 Å². The smallest absolute Gasteiger partial charge is 0.416 e. The molecule has 0 bridgehead atoms. The monoisotopic (exact) mass is 876 g/mol. The first-order valence-electron chi connectivity index (χ1n) is 17.0. The number of alkyl halides is 6. The van der Waals surface area contributed by atoms with Crippen molar-refractivity contribution in [3.05, 3.63) is 107 Å². The maximum Gasteiger partial charge on any atom is 0.416 e. The maximum atomic E-state index is 12.5. The Hall–Kier alpha value is -4.96. The van der Waals surface area contributed by atoms with E-state index in [1.807, 2.05) is 57.2 Å². The Bertz CT molecular complexity index is 1830. The number of rotatable bonds is 16. The summed E-state index contributed by atoms with van der Waals surface area (Å²) in [6.45, 7) is 6.65. The summed E-state index contributed by atoms with van der Waals surface area (Å²) in [5, 5.41) is 20.0. The van der Waals surface area contributed by atoms with E-state index in [2.05, 4.69) is 0 Å².